The number of hydrogen-bond donors (Lipinski definition) is 4. The number of methoxy groups -OCH3 is 4. The molecule has 0 aromatic heterocycles. The molecular weight excluding hydrogens is 905 g/mol. The van der Waals surface area contributed by atoms with Crippen molar-refractivity contribution in [2.75, 3.05) is 54.6 Å². The lowest BCUT2D eigenvalue weighted by Crippen LogP contribution is -2.22. The zero-order valence-corrected chi connectivity index (χ0v) is 42.8. The fourth-order valence-electron chi connectivity index (χ4n) is 8.14. The number of rotatable bonds is 16. The van der Waals surface area contributed by atoms with E-state index in [0.29, 0.717) is 26.2 Å². The Kier molecular flexibility index (Phi) is 21.7. The van der Waals surface area contributed by atoms with Crippen molar-refractivity contribution in [2.24, 2.45) is 0 Å². The van der Waals surface area contributed by atoms with Gasteiger partial charge in [-0.3, -0.25) is 19.2 Å². The van der Waals surface area contributed by atoms with Gasteiger partial charge in [-0.1, -0.05) is 97.1 Å². The van der Waals surface area contributed by atoms with Crippen LogP contribution in [0.25, 0.3) is 43.1 Å². The summed E-state index contributed by atoms with van der Waals surface area (Å²) in [5, 5.41) is 20.8. The largest absolute Gasteiger partial charge is 0.497 e. The molecule has 0 spiro atoms. The molecule has 0 fully saturated rings. The molecule has 72 heavy (non-hydrogen) atoms. The first-order chi connectivity index (χ1) is 34.8. The second-order valence-corrected chi connectivity index (χ2v) is 16.9. The van der Waals surface area contributed by atoms with Crippen LogP contribution in [0.15, 0.2) is 146 Å². The van der Waals surface area contributed by atoms with Gasteiger partial charge >= 0.3 is 0 Å². The molecule has 12 heteroatoms. The van der Waals surface area contributed by atoms with E-state index in [1.165, 1.54) is 93.0 Å². The van der Waals surface area contributed by atoms with Crippen LogP contribution in [0.2, 0.25) is 0 Å². The van der Waals surface area contributed by atoms with Gasteiger partial charge in [-0.05, 0) is 140 Å². The van der Waals surface area contributed by atoms with E-state index in [1.807, 2.05) is 72.8 Å². The molecule has 8 aromatic carbocycles. The van der Waals surface area contributed by atoms with Crippen LogP contribution in [0.4, 0.5) is 0 Å². The molecule has 0 aliphatic rings. The molecule has 0 bridgehead atoms. The molecule has 0 radical (unpaired) electrons. The lowest BCUT2D eigenvalue weighted by Gasteiger charge is -2.08. The highest BCUT2D eigenvalue weighted by Crippen LogP contribution is 2.28. The zero-order valence-electron chi connectivity index (χ0n) is 42.8. The summed E-state index contributed by atoms with van der Waals surface area (Å²) >= 11 is 0. The van der Waals surface area contributed by atoms with Gasteiger partial charge in [0.25, 0.3) is 0 Å². The first-order valence-electron chi connectivity index (χ1n) is 24.0. The molecule has 0 heterocycles. The molecule has 0 unspecified atom stereocenters. The van der Waals surface area contributed by atoms with Gasteiger partial charge in [-0.2, -0.15) is 0 Å². The SMILES string of the molecule is COc1ccc2cccc(CCNC(C)=O)c2c1.COc1ccc2cccc(CCNC(C)=O)c2c1.COc1ccc2cccc(CCNC(C)=O)c2c1.COc1ccc2cccc(CCNC(C)=O)c2c1. The third kappa shape index (κ3) is 17.1. The van der Waals surface area contributed by atoms with Crippen molar-refractivity contribution < 1.29 is 38.1 Å². The van der Waals surface area contributed by atoms with Gasteiger partial charge in [-0.15, -0.1) is 0 Å². The molecule has 8 aromatic rings. The van der Waals surface area contributed by atoms with Crippen molar-refractivity contribution in [3.05, 3.63) is 168 Å². The van der Waals surface area contributed by atoms with Crippen molar-refractivity contribution >= 4 is 66.7 Å². The fraction of sp³-hybridized carbons (Fsp3) is 0.267. The van der Waals surface area contributed by atoms with Gasteiger partial charge in [0.05, 0.1) is 28.4 Å². The average Bonchev–Trinajstić information content (AvgIpc) is 3.38. The van der Waals surface area contributed by atoms with Gasteiger partial charge in [0, 0.05) is 53.9 Å². The van der Waals surface area contributed by atoms with Crippen molar-refractivity contribution in [1.82, 2.24) is 21.3 Å². The number of amides is 4. The Morgan fingerprint density at radius 2 is 0.528 bits per heavy atom. The predicted molar refractivity (Wildman–Crippen MR) is 292 cm³/mol. The Bertz CT molecular complexity index is 2670. The summed E-state index contributed by atoms with van der Waals surface area (Å²) in [6.45, 7) is 8.77. The Hall–Kier alpha value is -8.12. The van der Waals surface area contributed by atoms with Crippen molar-refractivity contribution in [3.63, 3.8) is 0 Å². The van der Waals surface area contributed by atoms with Crippen molar-refractivity contribution in [3.8, 4) is 23.0 Å². The molecule has 376 valence electrons. The van der Waals surface area contributed by atoms with Crippen LogP contribution in [-0.4, -0.2) is 78.2 Å². The number of carbonyl (C=O) groups is 4. The normalized spacial score (nSPS) is 10.3. The highest BCUT2D eigenvalue weighted by atomic mass is 16.5. The zero-order chi connectivity index (χ0) is 51.8. The van der Waals surface area contributed by atoms with Crippen LogP contribution < -0.4 is 40.2 Å². The summed E-state index contributed by atoms with van der Waals surface area (Å²) in [7, 11) is 6.67. The van der Waals surface area contributed by atoms with E-state index in [1.54, 1.807) is 28.4 Å². The van der Waals surface area contributed by atoms with E-state index in [2.05, 4.69) is 94.1 Å². The van der Waals surface area contributed by atoms with Crippen LogP contribution in [0, 0.1) is 0 Å². The Labute approximate surface area is 423 Å². The van der Waals surface area contributed by atoms with E-state index in [-0.39, 0.29) is 23.6 Å². The van der Waals surface area contributed by atoms with Crippen molar-refractivity contribution in [2.45, 2.75) is 53.4 Å². The molecule has 0 aliphatic carbocycles. The summed E-state index contributed by atoms with van der Waals surface area (Å²) in [4.78, 5) is 43.5. The number of ether oxygens (including phenoxy) is 4. The van der Waals surface area contributed by atoms with E-state index < -0.39 is 0 Å². The smallest absolute Gasteiger partial charge is 0.216 e. The van der Waals surface area contributed by atoms with Gasteiger partial charge in [0.2, 0.25) is 23.6 Å². The monoisotopic (exact) mass is 973 g/mol. The lowest BCUT2D eigenvalue weighted by atomic mass is 10.0. The minimum Gasteiger partial charge on any atom is -0.497 e. The molecule has 0 saturated carbocycles. The van der Waals surface area contributed by atoms with E-state index in [4.69, 9.17) is 18.9 Å². The third-order valence-corrected chi connectivity index (χ3v) is 11.8. The van der Waals surface area contributed by atoms with E-state index in [0.717, 1.165) is 48.7 Å². The lowest BCUT2D eigenvalue weighted by molar-refractivity contribution is -0.119. The maximum Gasteiger partial charge on any atom is 0.216 e. The number of fused-ring (bicyclic) bond motifs is 4. The van der Waals surface area contributed by atoms with Crippen molar-refractivity contribution in [1.29, 1.82) is 0 Å². The van der Waals surface area contributed by atoms with Gasteiger partial charge in [-0.25, -0.2) is 0 Å². The van der Waals surface area contributed by atoms with Gasteiger partial charge < -0.3 is 40.2 Å². The fourth-order valence-corrected chi connectivity index (χ4v) is 8.14. The first kappa shape index (κ1) is 54.8. The summed E-state index contributed by atoms with van der Waals surface area (Å²) in [6.07, 6.45) is 3.29. The summed E-state index contributed by atoms with van der Waals surface area (Å²) in [5.41, 5.74) is 4.89. The molecular formula is C60H68N4O8. The highest BCUT2D eigenvalue weighted by molar-refractivity contribution is 5.90. The number of hydrogen-bond acceptors (Lipinski definition) is 8. The summed E-state index contributed by atoms with van der Waals surface area (Å²) < 4.78 is 21.0. The van der Waals surface area contributed by atoms with Crippen LogP contribution in [-0.2, 0) is 44.9 Å². The predicted octanol–water partition coefficient (Wildman–Crippen LogP) is 10.1. The molecule has 0 saturated heterocycles. The van der Waals surface area contributed by atoms with Crippen LogP contribution in [0.1, 0.15) is 49.9 Å². The maximum atomic E-state index is 10.9. The maximum absolute atomic E-state index is 10.9. The van der Waals surface area contributed by atoms with Gasteiger partial charge in [0.15, 0.2) is 0 Å². The molecule has 12 nitrogen and oxygen atoms in total. The molecule has 0 aliphatic heterocycles. The second-order valence-electron chi connectivity index (χ2n) is 16.9. The second kappa shape index (κ2) is 28.5. The Balaban J connectivity index is 0.000000178. The van der Waals surface area contributed by atoms with Crippen LogP contribution in [0.5, 0.6) is 23.0 Å². The first-order valence-corrected chi connectivity index (χ1v) is 24.0. The van der Waals surface area contributed by atoms with Gasteiger partial charge in [0.1, 0.15) is 23.0 Å². The average molecular weight is 973 g/mol. The van der Waals surface area contributed by atoms with E-state index in [9.17, 15) is 19.2 Å². The third-order valence-electron chi connectivity index (χ3n) is 11.8. The molecule has 4 amide bonds. The molecule has 0 atom stereocenters. The topological polar surface area (TPSA) is 153 Å². The Morgan fingerprint density at radius 3 is 0.708 bits per heavy atom. The minimum atomic E-state index is 0.00724. The van der Waals surface area contributed by atoms with Crippen LogP contribution in [0.3, 0.4) is 0 Å². The van der Waals surface area contributed by atoms with Crippen LogP contribution >= 0.6 is 0 Å². The molecule has 4 N–H and O–H groups in total. The molecule has 8 rings (SSSR count). The quantitative estimate of drug-likeness (QED) is 0.0747. The number of benzene rings is 8. The minimum absolute atomic E-state index is 0.00724. The summed E-state index contributed by atoms with van der Waals surface area (Å²) in [5.74, 6) is 3.45. The van der Waals surface area contributed by atoms with E-state index >= 15 is 0 Å². The Morgan fingerprint density at radius 1 is 0.319 bits per heavy atom. The number of nitrogens with one attached hydrogen (secondary N) is 4. The number of carbonyl (C=O) groups excluding carboxylic acids is 4. The highest BCUT2D eigenvalue weighted by Gasteiger charge is 2.07. The standard InChI is InChI=1S/4C15H17NO2/c4*1-11(17)16-9-8-13-5-3-4-12-6-7-14(18-2)10-15(12)13/h4*3-7,10H,8-9H2,1-2H3,(H,16,17). The summed E-state index contributed by atoms with van der Waals surface area (Å²) in [6, 6.07) is 49.0.